The van der Waals surface area contributed by atoms with E-state index in [9.17, 15) is 47.0 Å². The van der Waals surface area contributed by atoms with E-state index in [0.29, 0.717) is 42.5 Å². The number of hydrazine groups is 1. The largest absolute Gasteiger partial charge is 0.396 e. The number of carbonyl (C=O) groups excluding carboxylic acids is 4. The first-order chi connectivity index (χ1) is 26.6. The average Bonchev–Trinajstić information content (AvgIpc) is 3.14. The zero-order valence-electron chi connectivity index (χ0n) is 31.3. The Labute approximate surface area is 322 Å². The summed E-state index contributed by atoms with van der Waals surface area (Å²) in [6, 6.07) is 20.3. The van der Waals surface area contributed by atoms with Crippen molar-refractivity contribution in [2.24, 2.45) is 0 Å². The molecule has 0 aliphatic rings. The lowest BCUT2D eigenvalue weighted by Crippen LogP contribution is -2.74. The van der Waals surface area contributed by atoms with E-state index in [4.69, 9.17) is 0 Å². The Hall–Kier alpha value is -5.28. The summed E-state index contributed by atoms with van der Waals surface area (Å²) in [5, 5.41) is 27.1. The molecular formula is C42H46F4N4O6. The van der Waals surface area contributed by atoms with Gasteiger partial charge in [-0.3, -0.25) is 29.8 Å². The van der Waals surface area contributed by atoms with Gasteiger partial charge in [0.05, 0.1) is 24.9 Å². The molecule has 0 aliphatic heterocycles. The van der Waals surface area contributed by atoms with Crippen molar-refractivity contribution in [3.05, 3.63) is 143 Å². The molecule has 0 saturated heterocycles. The van der Waals surface area contributed by atoms with Crippen LogP contribution in [0.15, 0.2) is 97.1 Å². The highest BCUT2D eigenvalue weighted by molar-refractivity contribution is 6.02. The van der Waals surface area contributed by atoms with Crippen molar-refractivity contribution >= 4 is 23.6 Å². The lowest BCUT2D eigenvalue weighted by atomic mass is 9.62. The maximum Gasteiger partial charge on any atom is 0.249 e. The van der Waals surface area contributed by atoms with Crippen LogP contribution in [0.5, 0.6) is 0 Å². The Morgan fingerprint density at radius 1 is 0.679 bits per heavy atom. The lowest BCUT2D eigenvalue weighted by molar-refractivity contribution is -0.145. The first-order valence-electron chi connectivity index (χ1n) is 18.1. The minimum Gasteiger partial charge on any atom is -0.396 e. The third-order valence-corrected chi connectivity index (χ3v) is 9.82. The summed E-state index contributed by atoms with van der Waals surface area (Å²) in [6.45, 7) is 3.79. The minimum atomic E-state index is -2.07. The van der Waals surface area contributed by atoms with Gasteiger partial charge in [-0.1, -0.05) is 60.7 Å². The normalized spacial score (nSPS) is 13.8. The number of nitrogens with one attached hydrogen (secondary N) is 3. The molecule has 10 nitrogen and oxygen atoms in total. The van der Waals surface area contributed by atoms with Gasteiger partial charge in [0.2, 0.25) is 23.6 Å². The number of carbonyl (C=O) groups is 4. The van der Waals surface area contributed by atoms with E-state index in [1.807, 2.05) is 0 Å². The van der Waals surface area contributed by atoms with Crippen molar-refractivity contribution < 1.29 is 47.0 Å². The quantitative estimate of drug-likeness (QED) is 0.0551. The third kappa shape index (κ3) is 10.5. The summed E-state index contributed by atoms with van der Waals surface area (Å²) >= 11 is 0. The van der Waals surface area contributed by atoms with Crippen molar-refractivity contribution in [2.45, 2.75) is 75.9 Å². The number of nitrogens with zero attached hydrogens (tertiary/aromatic N) is 1. The Kier molecular flexibility index (Phi) is 15.2. The molecule has 4 aromatic carbocycles. The Morgan fingerprint density at radius 2 is 1.12 bits per heavy atom. The van der Waals surface area contributed by atoms with Crippen LogP contribution in [-0.4, -0.2) is 69.7 Å². The molecule has 14 heteroatoms. The summed E-state index contributed by atoms with van der Waals surface area (Å²) in [5.74, 6) is -7.26. The monoisotopic (exact) mass is 778 g/mol. The number of hydrogen-bond acceptors (Lipinski definition) is 8. The van der Waals surface area contributed by atoms with E-state index in [0.717, 1.165) is 24.3 Å². The predicted molar refractivity (Wildman–Crippen MR) is 200 cm³/mol. The highest BCUT2D eigenvalue weighted by Crippen LogP contribution is 2.43. The van der Waals surface area contributed by atoms with Crippen LogP contribution in [0.1, 0.15) is 62.3 Å². The number of aliphatic hydroxyl groups excluding tert-OH is 2. The molecule has 0 aromatic heterocycles. The van der Waals surface area contributed by atoms with Gasteiger partial charge in [-0.05, 0) is 86.6 Å². The number of halogens is 4. The van der Waals surface area contributed by atoms with Gasteiger partial charge >= 0.3 is 0 Å². The molecule has 56 heavy (non-hydrogen) atoms. The molecular weight excluding hydrogens is 732 g/mol. The Morgan fingerprint density at radius 3 is 1.55 bits per heavy atom. The van der Waals surface area contributed by atoms with Gasteiger partial charge in [-0.25, -0.2) is 28.0 Å². The van der Waals surface area contributed by atoms with Gasteiger partial charge in [0, 0.05) is 24.8 Å². The second-order valence-corrected chi connectivity index (χ2v) is 13.9. The van der Waals surface area contributed by atoms with Crippen LogP contribution in [0.2, 0.25) is 0 Å². The molecule has 4 rings (SSSR count). The Balaban J connectivity index is 1.81. The average molecular weight is 779 g/mol. The fraction of sp³-hybridized carbons (Fsp3) is 0.333. The van der Waals surface area contributed by atoms with Gasteiger partial charge in [0.1, 0.15) is 34.8 Å². The van der Waals surface area contributed by atoms with Crippen LogP contribution in [0, 0.1) is 23.3 Å². The van der Waals surface area contributed by atoms with Crippen LogP contribution in [0.4, 0.5) is 17.6 Å². The molecule has 298 valence electrons. The second kappa shape index (κ2) is 19.5. The fourth-order valence-electron chi connectivity index (χ4n) is 6.91. The highest BCUT2D eigenvalue weighted by Gasteiger charge is 2.57. The number of aliphatic hydroxyl groups is 2. The molecule has 3 atom stereocenters. The van der Waals surface area contributed by atoms with Crippen LogP contribution in [-0.2, 0) is 37.4 Å². The molecule has 4 aromatic rings. The summed E-state index contributed by atoms with van der Waals surface area (Å²) in [4.78, 5) is 55.2. The fourth-order valence-corrected chi connectivity index (χ4v) is 6.91. The molecule has 0 fully saturated rings. The van der Waals surface area contributed by atoms with Gasteiger partial charge in [0.15, 0.2) is 0 Å². The number of unbranched alkanes of at least 4 members (excludes halogenated alkanes) is 1. The standard InChI is InChI=1S/C42H46F4N4O6/c1-27(12-10-11-17-51)50(28(2)39(55)47-37(53)22-29-18-33(43)24-34(44)19-29)49-41(3,40(56)48-38(54)23-30-20-35(45)25-36(46)21-30)42(26-52,31-13-6-4-7-14-31)32-15-8-5-9-16-32/h4-9,13-16,18-21,24-25,27-28,49,51-52H,10-12,17,22-23,26H2,1-3H3,(H,47,53,55)(H,48,54,56)/t27-,28-,41-/m0/s1. The van der Waals surface area contributed by atoms with Gasteiger partial charge in [0.25, 0.3) is 0 Å². The molecule has 0 bridgehead atoms. The number of amides is 4. The summed E-state index contributed by atoms with van der Waals surface area (Å²) in [6.07, 6.45) is 0.119. The molecule has 5 N–H and O–H groups in total. The minimum absolute atomic E-state index is 0.0128. The molecule has 0 saturated carbocycles. The first-order valence-corrected chi connectivity index (χ1v) is 18.1. The van der Waals surface area contributed by atoms with E-state index in [1.165, 1.54) is 18.9 Å². The molecule has 0 unspecified atom stereocenters. The molecule has 0 spiro atoms. The first kappa shape index (κ1) is 43.4. The third-order valence-electron chi connectivity index (χ3n) is 9.82. The van der Waals surface area contributed by atoms with Crippen molar-refractivity contribution in [1.82, 2.24) is 21.1 Å². The van der Waals surface area contributed by atoms with Crippen molar-refractivity contribution in [2.75, 3.05) is 13.2 Å². The zero-order valence-corrected chi connectivity index (χ0v) is 31.3. The smallest absolute Gasteiger partial charge is 0.249 e. The molecule has 4 amide bonds. The van der Waals surface area contributed by atoms with Crippen LogP contribution < -0.4 is 16.1 Å². The topological polar surface area (TPSA) is 148 Å². The summed E-state index contributed by atoms with van der Waals surface area (Å²) < 4.78 is 55.7. The van der Waals surface area contributed by atoms with E-state index < -0.39 is 89.4 Å². The van der Waals surface area contributed by atoms with Gasteiger partial charge < -0.3 is 10.2 Å². The van der Waals surface area contributed by atoms with E-state index in [2.05, 4.69) is 16.1 Å². The van der Waals surface area contributed by atoms with Gasteiger partial charge in [-0.15, -0.1) is 0 Å². The SMILES string of the molecule is C[C@@H](CCCCO)N(N[C@@](C)(C(=O)NC(=O)Cc1cc(F)cc(F)c1)C(CO)(c1ccccc1)c1ccccc1)[C@@H](C)C(=O)NC(=O)Cc1cc(F)cc(F)c1. The van der Waals surface area contributed by atoms with Crippen LogP contribution >= 0.6 is 0 Å². The van der Waals surface area contributed by atoms with Crippen LogP contribution in [0.3, 0.4) is 0 Å². The van der Waals surface area contributed by atoms with E-state index in [1.54, 1.807) is 67.6 Å². The van der Waals surface area contributed by atoms with Crippen molar-refractivity contribution in [3.8, 4) is 0 Å². The maximum absolute atomic E-state index is 14.9. The maximum atomic E-state index is 14.9. The summed E-state index contributed by atoms with van der Waals surface area (Å²) in [7, 11) is 0. The number of benzene rings is 4. The predicted octanol–water partition coefficient (Wildman–Crippen LogP) is 4.80. The van der Waals surface area contributed by atoms with Crippen LogP contribution in [0.25, 0.3) is 0 Å². The number of hydrogen-bond donors (Lipinski definition) is 5. The highest BCUT2D eigenvalue weighted by atomic mass is 19.1. The Bertz CT molecular complexity index is 1910. The zero-order chi connectivity index (χ0) is 41.0. The lowest BCUT2D eigenvalue weighted by Gasteiger charge is -2.51. The van der Waals surface area contributed by atoms with E-state index >= 15 is 0 Å². The van der Waals surface area contributed by atoms with Gasteiger partial charge in [-0.2, -0.15) is 0 Å². The van der Waals surface area contributed by atoms with Crippen molar-refractivity contribution in [1.29, 1.82) is 0 Å². The van der Waals surface area contributed by atoms with E-state index in [-0.39, 0.29) is 17.7 Å². The van der Waals surface area contributed by atoms with Crippen molar-refractivity contribution in [3.63, 3.8) is 0 Å². The molecule has 0 radical (unpaired) electrons. The molecule has 0 aliphatic carbocycles. The second-order valence-electron chi connectivity index (χ2n) is 13.9. The number of imide groups is 2. The molecule has 0 heterocycles. The summed E-state index contributed by atoms with van der Waals surface area (Å²) in [5.41, 5.74) is 0.233. The number of rotatable bonds is 18.